The van der Waals surface area contributed by atoms with Crippen molar-refractivity contribution in [1.82, 2.24) is 0 Å². The zero-order chi connectivity index (χ0) is 18.6. The molecule has 0 saturated heterocycles. The fraction of sp³-hybridized carbons (Fsp3) is 0.222. The second-order valence-corrected chi connectivity index (χ2v) is 5.81. The van der Waals surface area contributed by atoms with Gasteiger partial charge in [0.2, 0.25) is 0 Å². The molecular weight excluding hydrogens is 346 g/mol. The number of anilines is 1. The molecule has 0 heterocycles. The van der Waals surface area contributed by atoms with Gasteiger partial charge in [0.05, 0.1) is 18.4 Å². The number of ether oxygens (including phenoxy) is 2. The van der Waals surface area contributed by atoms with Crippen molar-refractivity contribution in [2.24, 2.45) is 0 Å². The van der Waals surface area contributed by atoms with Crippen LogP contribution >= 0.6 is 11.6 Å². The van der Waals surface area contributed by atoms with E-state index in [-0.39, 0.29) is 17.9 Å². The van der Waals surface area contributed by atoms with Crippen LogP contribution in [0.2, 0.25) is 5.02 Å². The van der Waals surface area contributed by atoms with Crippen molar-refractivity contribution in [3.63, 3.8) is 0 Å². The molecule has 0 aromatic heterocycles. The number of aryl methyl sites for hydroxylation is 2. The van der Waals surface area contributed by atoms with E-state index >= 15 is 0 Å². The van der Waals surface area contributed by atoms with E-state index in [1.54, 1.807) is 12.1 Å². The van der Waals surface area contributed by atoms with Crippen LogP contribution in [0.25, 0.3) is 0 Å². The first-order chi connectivity index (χ1) is 11.8. The number of carboxylic acid groups (broad SMARTS) is 1. The number of benzene rings is 2. The Kier molecular flexibility index (Phi) is 5.88. The van der Waals surface area contributed by atoms with Crippen LogP contribution in [0.5, 0.6) is 11.5 Å². The maximum atomic E-state index is 12.1. The van der Waals surface area contributed by atoms with Crippen molar-refractivity contribution in [3.05, 3.63) is 52.0 Å². The van der Waals surface area contributed by atoms with Gasteiger partial charge in [0.1, 0.15) is 11.5 Å². The monoisotopic (exact) mass is 363 g/mol. The van der Waals surface area contributed by atoms with Gasteiger partial charge in [-0.3, -0.25) is 4.79 Å². The SMILES string of the molecule is COc1ccc(C(=O)O)cc1NC(=O)COc1cc(C)c(Cl)c(C)c1. The van der Waals surface area contributed by atoms with Crippen molar-refractivity contribution in [1.29, 1.82) is 0 Å². The molecule has 0 bridgehead atoms. The minimum atomic E-state index is -1.10. The van der Waals surface area contributed by atoms with Gasteiger partial charge in [-0.05, 0) is 55.3 Å². The lowest BCUT2D eigenvalue weighted by molar-refractivity contribution is -0.118. The number of hydrogen-bond donors (Lipinski definition) is 2. The van der Waals surface area contributed by atoms with Gasteiger partial charge in [-0.2, -0.15) is 0 Å². The minimum absolute atomic E-state index is 0.0426. The second kappa shape index (κ2) is 7.90. The number of aromatic carboxylic acids is 1. The number of carboxylic acids is 1. The highest BCUT2D eigenvalue weighted by molar-refractivity contribution is 6.32. The highest BCUT2D eigenvalue weighted by Crippen LogP contribution is 2.27. The van der Waals surface area contributed by atoms with Crippen LogP contribution in [0.3, 0.4) is 0 Å². The van der Waals surface area contributed by atoms with E-state index in [0.29, 0.717) is 16.5 Å². The zero-order valence-electron chi connectivity index (χ0n) is 14.1. The van der Waals surface area contributed by atoms with Crippen molar-refractivity contribution in [2.45, 2.75) is 13.8 Å². The molecule has 0 aliphatic carbocycles. The Morgan fingerprint density at radius 3 is 2.36 bits per heavy atom. The standard InChI is InChI=1S/C18H18ClNO5/c1-10-6-13(7-11(2)17(10)19)25-9-16(21)20-14-8-12(18(22)23)4-5-15(14)24-3/h4-8H,9H2,1-3H3,(H,20,21)(H,22,23). The summed E-state index contributed by atoms with van der Waals surface area (Å²) in [7, 11) is 1.43. The number of amides is 1. The molecule has 25 heavy (non-hydrogen) atoms. The van der Waals surface area contributed by atoms with Gasteiger partial charge < -0.3 is 19.9 Å². The van der Waals surface area contributed by atoms with Crippen LogP contribution in [0, 0.1) is 13.8 Å². The highest BCUT2D eigenvalue weighted by atomic mass is 35.5. The first-order valence-corrected chi connectivity index (χ1v) is 7.80. The third-order valence-electron chi connectivity index (χ3n) is 3.50. The van der Waals surface area contributed by atoms with E-state index < -0.39 is 11.9 Å². The van der Waals surface area contributed by atoms with Crippen molar-refractivity contribution >= 4 is 29.2 Å². The molecule has 0 atom stereocenters. The third kappa shape index (κ3) is 4.64. The summed E-state index contributed by atoms with van der Waals surface area (Å²) in [4.78, 5) is 23.2. The van der Waals surface area contributed by atoms with Crippen LogP contribution < -0.4 is 14.8 Å². The predicted molar refractivity (Wildman–Crippen MR) is 95.0 cm³/mol. The Morgan fingerprint density at radius 1 is 1.16 bits per heavy atom. The first kappa shape index (κ1) is 18.6. The summed E-state index contributed by atoms with van der Waals surface area (Å²) < 4.78 is 10.6. The number of carbonyl (C=O) groups is 2. The average molecular weight is 364 g/mol. The number of hydrogen-bond acceptors (Lipinski definition) is 4. The molecule has 0 saturated carbocycles. The molecule has 6 nitrogen and oxygen atoms in total. The lowest BCUT2D eigenvalue weighted by Gasteiger charge is -2.12. The summed E-state index contributed by atoms with van der Waals surface area (Å²) in [6.45, 7) is 3.47. The van der Waals surface area contributed by atoms with Gasteiger partial charge >= 0.3 is 5.97 Å². The Bertz CT molecular complexity index is 796. The van der Waals surface area contributed by atoms with Gasteiger partial charge in [0, 0.05) is 5.02 Å². The molecule has 1 amide bonds. The largest absolute Gasteiger partial charge is 0.495 e. The topological polar surface area (TPSA) is 84.9 Å². The summed E-state index contributed by atoms with van der Waals surface area (Å²) in [5, 5.41) is 12.3. The lowest BCUT2D eigenvalue weighted by atomic mass is 10.1. The van der Waals surface area contributed by atoms with Crippen molar-refractivity contribution in [2.75, 3.05) is 19.0 Å². The summed E-state index contributed by atoms with van der Waals surface area (Å²) in [6, 6.07) is 7.69. The highest BCUT2D eigenvalue weighted by Gasteiger charge is 2.12. The molecule has 2 N–H and O–H groups in total. The molecule has 0 spiro atoms. The maximum absolute atomic E-state index is 12.1. The van der Waals surface area contributed by atoms with Crippen LogP contribution in [-0.4, -0.2) is 30.7 Å². The van der Waals surface area contributed by atoms with Crippen LogP contribution in [-0.2, 0) is 4.79 Å². The van der Waals surface area contributed by atoms with Gasteiger partial charge in [-0.25, -0.2) is 4.79 Å². The normalized spacial score (nSPS) is 10.2. The van der Waals surface area contributed by atoms with Crippen molar-refractivity contribution < 1.29 is 24.2 Å². The average Bonchev–Trinajstić information content (AvgIpc) is 2.57. The number of rotatable bonds is 6. The molecule has 2 aromatic rings. The predicted octanol–water partition coefficient (Wildman–Crippen LogP) is 3.68. The maximum Gasteiger partial charge on any atom is 0.335 e. The minimum Gasteiger partial charge on any atom is -0.495 e. The smallest absolute Gasteiger partial charge is 0.335 e. The summed E-state index contributed by atoms with van der Waals surface area (Å²) in [5.74, 6) is -0.648. The molecule has 132 valence electrons. The summed E-state index contributed by atoms with van der Waals surface area (Å²) in [6.07, 6.45) is 0. The quantitative estimate of drug-likeness (QED) is 0.817. The number of methoxy groups -OCH3 is 1. The first-order valence-electron chi connectivity index (χ1n) is 7.42. The zero-order valence-corrected chi connectivity index (χ0v) is 14.8. The van der Waals surface area contributed by atoms with Crippen LogP contribution in [0.15, 0.2) is 30.3 Å². The number of halogens is 1. The Morgan fingerprint density at radius 2 is 1.80 bits per heavy atom. The van der Waals surface area contributed by atoms with E-state index in [4.69, 9.17) is 26.2 Å². The molecule has 2 rings (SSSR count). The molecule has 0 unspecified atom stereocenters. The van der Waals surface area contributed by atoms with Gasteiger partial charge in [-0.15, -0.1) is 0 Å². The summed E-state index contributed by atoms with van der Waals surface area (Å²) >= 11 is 6.10. The molecule has 7 heteroatoms. The number of nitrogens with one attached hydrogen (secondary N) is 1. The molecule has 0 fully saturated rings. The molecule has 0 radical (unpaired) electrons. The Labute approximate surface area is 150 Å². The fourth-order valence-electron chi connectivity index (χ4n) is 2.26. The Balaban J connectivity index is 2.08. The molecule has 2 aromatic carbocycles. The molecule has 0 aliphatic rings. The van der Waals surface area contributed by atoms with Gasteiger partial charge in [0.25, 0.3) is 5.91 Å². The second-order valence-electron chi connectivity index (χ2n) is 5.43. The fourth-order valence-corrected chi connectivity index (χ4v) is 2.37. The van der Waals surface area contributed by atoms with Gasteiger partial charge in [0.15, 0.2) is 6.61 Å². The van der Waals surface area contributed by atoms with E-state index in [2.05, 4.69) is 5.32 Å². The molecular formula is C18H18ClNO5. The van der Waals surface area contributed by atoms with E-state index in [1.165, 1.54) is 25.3 Å². The third-order valence-corrected chi connectivity index (χ3v) is 4.10. The van der Waals surface area contributed by atoms with E-state index in [9.17, 15) is 9.59 Å². The van der Waals surface area contributed by atoms with Crippen LogP contribution in [0.4, 0.5) is 5.69 Å². The number of carbonyl (C=O) groups excluding carboxylic acids is 1. The van der Waals surface area contributed by atoms with E-state index in [0.717, 1.165) is 11.1 Å². The Hall–Kier alpha value is -2.73. The van der Waals surface area contributed by atoms with Crippen molar-refractivity contribution in [3.8, 4) is 11.5 Å². The molecule has 0 aliphatic heterocycles. The summed E-state index contributed by atoms with van der Waals surface area (Å²) in [5.41, 5.74) is 2.02. The van der Waals surface area contributed by atoms with Crippen LogP contribution in [0.1, 0.15) is 21.5 Å². The van der Waals surface area contributed by atoms with Gasteiger partial charge in [-0.1, -0.05) is 11.6 Å². The van der Waals surface area contributed by atoms with E-state index in [1.807, 2.05) is 13.8 Å². The lowest BCUT2D eigenvalue weighted by Crippen LogP contribution is -2.21.